The molecule has 0 bridgehead atoms. The highest BCUT2D eigenvalue weighted by atomic mass is 35.5. The van der Waals surface area contributed by atoms with Gasteiger partial charge in [0.1, 0.15) is 0 Å². The number of thiazole rings is 1. The first-order valence-electron chi connectivity index (χ1n) is 7.11. The van der Waals surface area contributed by atoms with Gasteiger partial charge in [0.25, 0.3) is 5.91 Å². The quantitative estimate of drug-likeness (QED) is 0.809. The molecule has 130 valence electrons. The van der Waals surface area contributed by atoms with Crippen LogP contribution in [-0.2, 0) is 17.1 Å². The van der Waals surface area contributed by atoms with Crippen molar-refractivity contribution in [1.82, 2.24) is 8.87 Å². The number of hydrogen-bond donors (Lipinski definition) is 0. The van der Waals surface area contributed by atoms with Crippen molar-refractivity contribution >= 4 is 38.9 Å². The van der Waals surface area contributed by atoms with E-state index in [0.29, 0.717) is 4.80 Å². The van der Waals surface area contributed by atoms with Gasteiger partial charge >= 0.3 is 0 Å². The molecule has 1 aromatic heterocycles. The minimum Gasteiger partial charge on any atom is -0.327 e. The topological polar surface area (TPSA) is 71.7 Å². The summed E-state index contributed by atoms with van der Waals surface area (Å²) in [5.41, 5.74) is 0.0586. The zero-order valence-corrected chi connectivity index (χ0v) is 16.1. The van der Waals surface area contributed by atoms with Gasteiger partial charge in [0.15, 0.2) is 4.80 Å². The number of aromatic nitrogens is 1. The van der Waals surface area contributed by atoms with E-state index in [-0.39, 0.29) is 21.5 Å². The number of nitrogens with zero attached hydrogens (tertiary/aromatic N) is 3. The summed E-state index contributed by atoms with van der Waals surface area (Å²) in [7, 11) is -0.444. The van der Waals surface area contributed by atoms with Crippen molar-refractivity contribution in [2.45, 2.75) is 24.8 Å². The van der Waals surface area contributed by atoms with Gasteiger partial charge in [0, 0.05) is 31.7 Å². The average molecular weight is 388 g/mol. The largest absolute Gasteiger partial charge is 0.327 e. The Morgan fingerprint density at radius 1 is 1.38 bits per heavy atom. The fraction of sp³-hybridized carbons (Fsp3) is 0.333. The van der Waals surface area contributed by atoms with Gasteiger partial charge < -0.3 is 4.57 Å². The number of sulfonamides is 1. The summed E-state index contributed by atoms with van der Waals surface area (Å²) < 4.78 is 28.1. The van der Waals surface area contributed by atoms with E-state index in [2.05, 4.69) is 4.99 Å². The summed E-state index contributed by atoms with van der Waals surface area (Å²) in [6.07, 6.45) is 1.77. The molecule has 0 aliphatic rings. The van der Waals surface area contributed by atoms with Crippen LogP contribution in [0.1, 0.15) is 24.2 Å². The van der Waals surface area contributed by atoms with Gasteiger partial charge in [-0.25, -0.2) is 8.42 Å². The van der Waals surface area contributed by atoms with Gasteiger partial charge in [0.2, 0.25) is 10.0 Å². The second-order valence-electron chi connectivity index (χ2n) is 5.47. The molecule has 1 heterocycles. The number of aryl methyl sites for hydroxylation is 1. The third-order valence-corrected chi connectivity index (χ3v) is 6.74. The summed E-state index contributed by atoms with van der Waals surface area (Å²) in [5, 5.41) is 1.96. The van der Waals surface area contributed by atoms with Crippen molar-refractivity contribution in [2.75, 3.05) is 7.05 Å². The molecule has 0 unspecified atom stereocenters. The van der Waals surface area contributed by atoms with Crippen LogP contribution in [0.4, 0.5) is 0 Å². The summed E-state index contributed by atoms with van der Waals surface area (Å²) in [6.45, 7) is 3.54. The van der Waals surface area contributed by atoms with Gasteiger partial charge in [-0.15, -0.1) is 11.3 Å². The minimum absolute atomic E-state index is 0.0113. The standard InChI is InChI=1S/C15H18ClN3O3S2/c1-10(2)19(4)24(21,22)11-5-6-13(16)12(9-11)14(20)17-15-18(3)7-8-23-15/h5-10H,1-4H3. The van der Waals surface area contributed by atoms with E-state index in [0.717, 1.165) is 0 Å². The van der Waals surface area contributed by atoms with E-state index in [1.807, 2.05) is 0 Å². The number of hydrogen-bond acceptors (Lipinski definition) is 4. The van der Waals surface area contributed by atoms with Crippen LogP contribution in [0.2, 0.25) is 5.02 Å². The molecular weight excluding hydrogens is 370 g/mol. The SMILES string of the molecule is CC(C)N(C)S(=O)(=O)c1ccc(Cl)c(C(=O)N=c2sccn2C)c1. The molecule has 0 aliphatic carbocycles. The molecule has 2 aromatic rings. The van der Waals surface area contributed by atoms with Crippen LogP contribution >= 0.6 is 22.9 Å². The van der Waals surface area contributed by atoms with Crippen molar-refractivity contribution < 1.29 is 13.2 Å². The van der Waals surface area contributed by atoms with Crippen LogP contribution in [0.25, 0.3) is 0 Å². The fourth-order valence-electron chi connectivity index (χ4n) is 1.85. The number of carbonyl (C=O) groups is 1. The smallest absolute Gasteiger partial charge is 0.281 e. The summed E-state index contributed by atoms with van der Waals surface area (Å²) in [6, 6.07) is 3.86. The monoisotopic (exact) mass is 387 g/mol. The molecule has 2 rings (SSSR count). The summed E-state index contributed by atoms with van der Waals surface area (Å²) in [4.78, 5) is 16.9. The molecule has 6 nitrogen and oxygen atoms in total. The molecule has 0 saturated carbocycles. The maximum Gasteiger partial charge on any atom is 0.281 e. The van der Waals surface area contributed by atoms with Gasteiger partial charge in [-0.1, -0.05) is 11.6 Å². The summed E-state index contributed by atoms with van der Waals surface area (Å²) in [5.74, 6) is -0.581. The normalized spacial score (nSPS) is 13.0. The van der Waals surface area contributed by atoms with Crippen molar-refractivity contribution in [3.63, 3.8) is 0 Å². The Labute approximate surface area is 150 Å². The Morgan fingerprint density at radius 3 is 2.58 bits per heavy atom. The van der Waals surface area contributed by atoms with Crippen LogP contribution in [0, 0.1) is 0 Å². The maximum atomic E-state index is 12.6. The molecule has 0 radical (unpaired) electrons. The van der Waals surface area contributed by atoms with Crippen LogP contribution in [0.15, 0.2) is 39.7 Å². The third kappa shape index (κ3) is 3.77. The lowest BCUT2D eigenvalue weighted by atomic mass is 10.2. The first kappa shape index (κ1) is 18.9. The Kier molecular flexibility index (Phi) is 5.64. The van der Waals surface area contributed by atoms with Gasteiger partial charge in [0.05, 0.1) is 15.5 Å². The first-order valence-corrected chi connectivity index (χ1v) is 9.81. The Hall–Kier alpha value is -1.48. The van der Waals surface area contributed by atoms with Crippen LogP contribution in [0.3, 0.4) is 0 Å². The second kappa shape index (κ2) is 7.18. The molecule has 0 fully saturated rings. The van der Waals surface area contributed by atoms with E-state index < -0.39 is 15.9 Å². The molecule has 9 heteroatoms. The zero-order valence-electron chi connectivity index (χ0n) is 13.7. The number of benzene rings is 1. The number of halogens is 1. The van der Waals surface area contributed by atoms with Gasteiger partial charge in [-0.05, 0) is 32.0 Å². The predicted octanol–water partition coefficient (Wildman–Crippen LogP) is 2.51. The lowest BCUT2D eigenvalue weighted by Crippen LogP contribution is -2.33. The van der Waals surface area contributed by atoms with Crippen LogP contribution in [-0.4, -0.2) is 36.3 Å². The molecule has 0 N–H and O–H groups in total. The van der Waals surface area contributed by atoms with E-state index in [4.69, 9.17) is 11.6 Å². The highest BCUT2D eigenvalue weighted by Gasteiger charge is 2.25. The average Bonchev–Trinajstić information content (AvgIpc) is 2.91. The predicted molar refractivity (Wildman–Crippen MR) is 94.7 cm³/mol. The molecule has 1 aromatic carbocycles. The molecular formula is C15H18ClN3O3S2. The molecule has 0 spiro atoms. The van der Waals surface area contributed by atoms with Crippen LogP contribution < -0.4 is 4.80 Å². The molecule has 0 aliphatic heterocycles. The van der Waals surface area contributed by atoms with E-state index >= 15 is 0 Å². The lowest BCUT2D eigenvalue weighted by molar-refractivity contribution is 0.0998. The number of amides is 1. The van der Waals surface area contributed by atoms with Crippen molar-refractivity contribution in [3.05, 3.63) is 45.2 Å². The maximum absolute atomic E-state index is 12.6. The molecule has 0 saturated heterocycles. The highest BCUT2D eigenvalue weighted by Crippen LogP contribution is 2.24. The highest BCUT2D eigenvalue weighted by molar-refractivity contribution is 7.89. The molecule has 0 atom stereocenters. The first-order chi connectivity index (χ1) is 11.1. The zero-order chi connectivity index (χ0) is 18.1. The third-order valence-electron chi connectivity index (χ3n) is 3.53. The van der Waals surface area contributed by atoms with Crippen LogP contribution in [0.5, 0.6) is 0 Å². The lowest BCUT2D eigenvalue weighted by Gasteiger charge is -2.21. The second-order valence-corrected chi connectivity index (χ2v) is 8.75. The number of carbonyl (C=O) groups excluding carboxylic acids is 1. The molecule has 24 heavy (non-hydrogen) atoms. The Morgan fingerprint density at radius 2 is 2.04 bits per heavy atom. The van der Waals surface area contributed by atoms with E-state index in [9.17, 15) is 13.2 Å². The number of rotatable bonds is 4. The Balaban J connectivity index is 2.51. The Bertz CT molecular complexity index is 929. The molecule has 1 amide bonds. The minimum atomic E-state index is -3.70. The van der Waals surface area contributed by atoms with Gasteiger partial charge in [-0.3, -0.25) is 4.79 Å². The van der Waals surface area contributed by atoms with E-state index in [1.54, 1.807) is 37.0 Å². The van der Waals surface area contributed by atoms with Gasteiger partial charge in [-0.2, -0.15) is 9.30 Å². The fourth-order valence-corrected chi connectivity index (χ4v) is 4.18. The van der Waals surface area contributed by atoms with Crippen molar-refractivity contribution in [1.29, 1.82) is 0 Å². The summed E-state index contributed by atoms with van der Waals surface area (Å²) >= 11 is 7.37. The van der Waals surface area contributed by atoms with Crippen molar-refractivity contribution in [3.8, 4) is 0 Å². The van der Waals surface area contributed by atoms with Crippen molar-refractivity contribution in [2.24, 2.45) is 12.0 Å². The van der Waals surface area contributed by atoms with E-state index in [1.165, 1.54) is 40.9 Å².